The Hall–Kier alpha value is -2.31. The van der Waals surface area contributed by atoms with Gasteiger partial charge < -0.3 is 4.90 Å². The summed E-state index contributed by atoms with van der Waals surface area (Å²) in [6, 6.07) is 12.2. The Morgan fingerprint density at radius 2 is 1.79 bits per heavy atom. The Kier molecular flexibility index (Phi) is 5.42. The van der Waals surface area contributed by atoms with Crippen LogP contribution >= 0.6 is 23.4 Å². The van der Waals surface area contributed by atoms with E-state index in [0.29, 0.717) is 4.91 Å². The minimum atomic E-state index is -0.534. The first-order chi connectivity index (χ1) is 13.5. The maximum atomic E-state index is 14.0. The minimum absolute atomic E-state index is 0.141. The first-order valence-corrected chi connectivity index (χ1v) is 10.3. The van der Waals surface area contributed by atoms with Crippen LogP contribution in [0, 0.1) is 5.82 Å². The van der Waals surface area contributed by atoms with E-state index in [9.17, 15) is 14.0 Å². The topological polar surface area (TPSA) is 40.6 Å². The maximum Gasteiger partial charge on any atom is 0.293 e. The van der Waals surface area contributed by atoms with Crippen molar-refractivity contribution in [3.05, 3.63) is 69.3 Å². The summed E-state index contributed by atoms with van der Waals surface area (Å²) in [5.41, 5.74) is 2.15. The van der Waals surface area contributed by atoms with Crippen molar-refractivity contribution in [2.75, 3.05) is 18.0 Å². The summed E-state index contributed by atoms with van der Waals surface area (Å²) >= 11 is 6.88. The number of carbonyl (C=O) groups excluding carboxylic acids is 2. The van der Waals surface area contributed by atoms with Gasteiger partial charge in [-0.25, -0.2) is 4.39 Å². The van der Waals surface area contributed by atoms with Crippen LogP contribution in [0.5, 0.6) is 0 Å². The quantitative estimate of drug-likeness (QED) is 0.633. The Morgan fingerprint density at radius 1 is 1.07 bits per heavy atom. The molecule has 2 amide bonds. The second-order valence-electron chi connectivity index (χ2n) is 6.75. The third-order valence-electron chi connectivity index (χ3n) is 4.91. The molecule has 2 aromatic carbocycles. The average Bonchev–Trinajstić information content (AvgIpc) is 3.30. The van der Waals surface area contributed by atoms with E-state index in [-0.39, 0.29) is 17.1 Å². The van der Waals surface area contributed by atoms with Gasteiger partial charge in [0.2, 0.25) is 0 Å². The van der Waals surface area contributed by atoms with Crippen molar-refractivity contribution in [1.29, 1.82) is 0 Å². The normalized spacial score (nSPS) is 18.6. The number of rotatable bonds is 4. The lowest BCUT2D eigenvalue weighted by molar-refractivity contribution is -0.123. The van der Waals surface area contributed by atoms with E-state index >= 15 is 0 Å². The zero-order valence-electron chi connectivity index (χ0n) is 15.0. The minimum Gasteiger partial charge on any atom is -0.372 e. The largest absolute Gasteiger partial charge is 0.372 e. The fraction of sp³-hybridized carbons (Fsp3) is 0.238. The lowest BCUT2D eigenvalue weighted by atomic mass is 10.1. The molecule has 2 aromatic rings. The monoisotopic (exact) mass is 416 g/mol. The molecule has 4 rings (SSSR count). The van der Waals surface area contributed by atoms with Crippen LogP contribution in [0.2, 0.25) is 5.02 Å². The van der Waals surface area contributed by atoms with Gasteiger partial charge >= 0.3 is 0 Å². The number of imide groups is 1. The Morgan fingerprint density at radius 3 is 2.46 bits per heavy atom. The van der Waals surface area contributed by atoms with Crippen molar-refractivity contribution >= 4 is 46.3 Å². The average molecular weight is 417 g/mol. The molecule has 2 aliphatic heterocycles. The molecule has 7 heteroatoms. The Labute approximate surface area is 172 Å². The van der Waals surface area contributed by atoms with Crippen molar-refractivity contribution in [1.82, 2.24) is 4.90 Å². The summed E-state index contributed by atoms with van der Waals surface area (Å²) in [7, 11) is 0. The van der Waals surface area contributed by atoms with Gasteiger partial charge in [-0.15, -0.1) is 0 Å². The molecule has 2 aliphatic rings. The summed E-state index contributed by atoms with van der Waals surface area (Å²) in [5, 5.41) is -0.232. The molecule has 0 N–H and O–H groups in total. The molecule has 0 bridgehead atoms. The van der Waals surface area contributed by atoms with E-state index < -0.39 is 17.0 Å². The number of halogens is 2. The molecular weight excluding hydrogens is 399 g/mol. The zero-order valence-corrected chi connectivity index (χ0v) is 16.6. The number of hydrogen-bond acceptors (Lipinski definition) is 4. The fourth-order valence-corrected chi connectivity index (χ4v) is 4.45. The van der Waals surface area contributed by atoms with Crippen molar-refractivity contribution in [3.8, 4) is 0 Å². The third-order valence-corrected chi connectivity index (χ3v) is 6.18. The second-order valence-corrected chi connectivity index (χ2v) is 8.15. The summed E-state index contributed by atoms with van der Waals surface area (Å²) in [5.74, 6) is -0.967. The molecule has 4 nitrogen and oxygen atoms in total. The van der Waals surface area contributed by atoms with Crippen molar-refractivity contribution < 1.29 is 14.0 Å². The molecule has 144 valence electrons. The number of hydrogen-bond donors (Lipinski definition) is 0. The van der Waals surface area contributed by atoms with Gasteiger partial charge in [0, 0.05) is 29.4 Å². The van der Waals surface area contributed by atoms with Crippen LogP contribution in [-0.2, 0) is 11.3 Å². The van der Waals surface area contributed by atoms with Crippen LogP contribution in [0.15, 0.2) is 47.4 Å². The van der Waals surface area contributed by atoms with E-state index in [1.807, 2.05) is 24.3 Å². The Bertz CT molecular complexity index is 935. The van der Waals surface area contributed by atoms with Gasteiger partial charge in [0.05, 0.1) is 11.4 Å². The molecule has 28 heavy (non-hydrogen) atoms. The predicted molar refractivity (Wildman–Crippen MR) is 111 cm³/mol. The van der Waals surface area contributed by atoms with Gasteiger partial charge in [0.1, 0.15) is 5.82 Å². The van der Waals surface area contributed by atoms with E-state index in [1.165, 1.54) is 31.0 Å². The number of amides is 2. The highest BCUT2D eigenvalue weighted by Gasteiger charge is 2.35. The number of anilines is 1. The third kappa shape index (κ3) is 3.80. The van der Waals surface area contributed by atoms with Crippen LogP contribution < -0.4 is 4.90 Å². The lowest BCUT2D eigenvalue weighted by Crippen LogP contribution is -2.28. The summed E-state index contributed by atoms with van der Waals surface area (Å²) in [4.78, 5) is 28.6. The highest BCUT2D eigenvalue weighted by Crippen LogP contribution is 2.35. The molecule has 2 heterocycles. The molecule has 0 radical (unpaired) electrons. The van der Waals surface area contributed by atoms with E-state index in [2.05, 4.69) is 4.90 Å². The summed E-state index contributed by atoms with van der Waals surface area (Å²) < 4.78 is 14.0. The SMILES string of the molecule is O=C1S/C(=C\c2ccc(N3CCCC3)cc2)C(=O)N1Cc1c(F)cccc1Cl. The Balaban J connectivity index is 1.51. The highest BCUT2D eigenvalue weighted by atomic mass is 35.5. The van der Waals surface area contributed by atoms with E-state index in [0.717, 1.165) is 41.0 Å². The second kappa shape index (κ2) is 7.97. The molecule has 0 aromatic heterocycles. The molecule has 0 spiro atoms. The van der Waals surface area contributed by atoms with Crippen LogP contribution in [0.3, 0.4) is 0 Å². The molecule has 2 fully saturated rings. The van der Waals surface area contributed by atoms with Crippen molar-refractivity contribution in [2.24, 2.45) is 0 Å². The van der Waals surface area contributed by atoms with Crippen LogP contribution in [-0.4, -0.2) is 29.1 Å². The van der Waals surface area contributed by atoms with Crippen molar-refractivity contribution in [3.63, 3.8) is 0 Å². The summed E-state index contributed by atoms with van der Waals surface area (Å²) in [6.45, 7) is 1.95. The zero-order chi connectivity index (χ0) is 19.7. The molecule has 0 saturated carbocycles. The molecule has 0 unspecified atom stereocenters. The molecule has 2 saturated heterocycles. The van der Waals surface area contributed by atoms with Gasteiger partial charge in [-0.2, -0.15) is 0 Å². The van der Waals surface area contributed by atoms with Gasteiger partial charge in [-0.05, 0) is 60.5 Å². The standard InChI is InChI=1S/C21H18ClFN2O2S/c22-17-4-3-5-18(23)16(17)13-25-20(26)19(28-21(25)27)12-14-6-8-15(9-7-14)24-10-1-2-11-24/h3-9,12H,1-2,10-11,13H2/b19-12-. The van der Waals surface area contributed by atoms with E-state index in [4.69, 9.17) is 11.6 Å². The fourth-order valence-electron chi connectivity index (χ4n) is 3.39. The first kappa shape index (κ1) is 19.0. The number of carbonyl (C=O) groups is 2. The van der Waals surface area contributed by atoms with Crippen LogP contribution in [0.25, 0.3) is 6.08 Å². The first-order valence-electron chi connectivity index (χ1n) is 9.06. The molecule has 0 atom stereocenters. The predicted octanol–water partition coefficient (Wildman–Crippen LogP) is 5.32. The number of nitrogens with zero attached hydrogens (tertiary/aromatic N) is 2. The van der Waals surface area contributed by atoms with E-state index in [1.54, 1.807) is 6.08 Å². The smallest absolute Gasteiger partial charge is 0.293 e. The van der Waals surface area contributed by atoms with Gasteiger partial charge in [0.15, 0.2) is 0 Å². The maximum absolute atomic E-state index is 14.0. The summed E-state index contributed by atoms with van der Waals surface area (Å²) in [6.07, 6.45) is 4.11. The lowest BCUT2D eigenvalue weighted by Gasteiger charge is -2.17. The van der Waals surface area contributed by atoms with Crippen molar-refractivity contribution in [2.45, 2.75) is 19.4 Å². The van der Waals surface area contributed by atoms with Crippen LogP contribution in [0.1, 0.15) is 24.0 Å². The highest BCUT2D eigenvalue weighted by molar-refractivity contribution is 8.18. The molecular formula is C21H18ClFN2O2S. The number of thioether (sulfide) groups is 1. The van der Waals surface area contributed by atoms with Gasteiger partial charge in [-0.3, -0.25) is 14.5 Å². The molecule has 0 aliphatic carbocycles. The van der Waals surface area contributed by atoms with Gasteiger partial charge in [-0.1, -0.05) is 29.8 Å². The number of benzene rings is 2. The van der Waals surface area contributed by atoms with Gasteiger partial charge in [0.25, 0.3) is 11.1 Å². The van der Waals surface area contributed by atoms with Crippen LogP contribution in [0.4, 0.5) is 14.9 Å².